The van der Waals surface area contributed by atoms with Gasteiger partial charge in [0.05, 0.1) is 19.3 Å². The third kappa shape index (κ3) is 4.56. The molecule has 0 saturated heterocycles. The number of rotatable bonds is 6. The molecule has 2 aromatic rings. The number of ether oxygens (including phenoxy) is 2. The first-order valence-electron chi connectivity index (χ1n) is 9.80. The number of carbonyl (C=O) groups is 1. The number of nitrogens with two attached hydrogens (primary N) is 1. The topological polar surface area (TPSA) is 99.7 Å². The number of benzene rings is 1. The smallest absolute Gasteiger partial charge is 0.424 e. The Morgan fingerprint density at radius 1 is 1.24 bits per heavy atom. The van der Waals surface area contributed by atoms with Crippen LogP contribution in [0.3, 0.4) is 0 Å². The van der Waals surface area contributed by atoms with Gasteiger partial charge in [-0.15, -0.1) is 10.2 Å². The molecule has 2 heterocycles. The third-order valence-corrected chi connectivity index (χ3v) is 5.52. The summed E-state index contributed by atoms with van der Waals surface area (Å²) in [4.78, 5) is 16.6. The quantitative estimate of drug-likeness (QED) is 0.487. The Balaban J connectivity index is 1.95. The van der Waals surface area contributed by atoms with Crippen LogP contribution in [0.1, 0.15) is 47.5 Å². The Bertz CT molecular complexity index is 1140. The van der Waals surface area contributed by atoms with Crippen molar-refractivity contribution in [3.63, 3.8) is 0 Å². The number of hydrogen-bond donors (Lipinski definition) is 1. The van der Waals surface area contributed by atoms with Gasteiger partial charge in [-0.25, -0.2) is 13.2 Å². The maximum absolute atomic E-state index is 14.7. The van der Waals surface area contributed by atoms with Crippen LogP contribution in [0.4, 0.5) is 26.3 Å². The van der Waals surface area contributed by atoms with Gasteiger partial charge in [-0.05, 0) is 31.5 Å². The summed E-state index contributed by atoms with van der Waals surface area (Å²) in [6, 6.07) is 4.30. The second-order valence-corrected chi connectivity index (χ2v) is 8.00. The van der Waals surface area contributed by atoms with Crippen molar-refractivity contribution in [3.8, 4) is 5.88 Å². The van der Waals surface area contributed by atoms with Gasteiger partial charge in [0.15, 0.2) is 5.78 Å². The SMILES string of the molecule is COc1cc(C(F)F)c(C(=O)Cc2ccc(F)c([C@]3(C)CO[C@@](C)(C(F)(F)F)C(N)=N3)c2)nn1. The number of aromatic nitrogens is 2. The second-order valence-electron chi connectivity index (χ2n) is 8.00. The lowest BCUT2D eigenvalue weighted by molar-refractivity contribution is -0.249. The van der Waals surface area contributed by atoms with Crippen molar-refractivity contribution in [2.24, 2.45) is 10.7 Å². The molecule has 34 heavy (non-hydrogen) atoms. The van der Waals surface area contributed by atoms with Crippen molar-refractivity contribution in [2.75, 3.05) is 13.7 Å². The van der Waals surface area contributed by atoms with Gasteiger partial charge in [0, 0.05) is 18.1 Å². The van der Waals surface area contributed by atoms with E-state index in [1.165, 1.54) is 26.2 Å². The number of ketones is 1. The lowest BCUT2D eigenvalue weighted by atomic mass is 9.88. The number of Topliss-reactive ketones (excluding diaryl/α,β-unsaturated/α-hetero) is 1. The van der Waals surface area contributed by atoms with Crippen LogP contribution >= 0.6 is 0 Å². The lowest BCUT2D eigenvalue weighted by Crippen LogP contribution is -2.60. The average Bonchev–Trinajstić information content (AvgIpc) is 2.76. The highest BCUT2D eigenvalue weighted by molar-refractivity contribution is 5.97. The van der Waals surface area contributed by atoms with Crippen LogP contribution in [-0.2, 0) is 16.7 Å². The summed E-state index contributed by atoms with van der Waals surface area (Å²) < 4.78 is 91.2. The molecule has 7 nitrogen and oxygen atoms in total. The number of alkyl halides is 5. The van der Waals surface area contributed by atoms with E-state index in [-0.39, 0.29) is 17.0 Å². The van der Waals surface area contributed by atoms with Gasteiger partial charge in [0.2, 0.25) is 11.5 Å². The summed E-state index contributed by atoms with van der Waals surface area (Å²) in [5, 5.41) is 7.05. The van der Waals surface area contributed by atoms with Crippen LogP contribution in [0.25, 0.3) is 0 Å². The normalized spacial score (nSPS) is 23.1. The minimum absolute atomic E-state index is 0.179. The molecule has 1 aliphatic rings. The minimum Gasteiger partial charge on any atom is -0.480 e. The molecule has 1 aromatic carbocycles. The van der Waals surface area contributed by atoms with E-state index in [1.54, 1.807) is 0 Å². The predicted molar refractivity (Wildman–Crippen MR) is 107 cm³/mol. The number of nitrogens with zero attached hydrogens (tertiary/aromatic N) is 3. The highest BCUT2D eigenvalue weighted by atomic mass is 19.4. The largest absolute Gasteiger partial charge is 0.480 e. The first-order chi connectivity index (χ1) is 15.7. The first kappa shape index (κ1) is 25.4. The number of carbonyl (C=O) groups excluding carboxylic acids is 1. The fraction of sp³-hybridized carbons (Fsp3) is 0.429. The highest BCUT2D eigenvalue weighted by Gasteiger charge is 2.59. The van der Waals surface area contributed by atoms with Crippen molar-refractivity contribution in [1.29, 1.82) is 0 Å². The minimum atomic E-state index is -4.85. The number of methoxy groups -OCH3 is 1. The van der Waals surface area contributed by atoms with E-state index in [2.05, 4.69) is 15.2 Å². The van der Waals surface area contributed by atoms with Crippen LogP contribution in [0, 0.1) is 5.82 Å². The van der Waals surface area contributed by atoms with E-state index in [9.17, 15) is 31.1 Å². The van der Waals surface area contributed by atoms with Crippen molar-refractivity contribution < 1.29 is 40.6 Å². The maximum atomic E-state index is 14.7. The molecule has 0 unspecified atom stereocenters. The summed E-state index contributed by atoms with van der Waals surface area (Å²) in [5.74, 6) is -2.75. The Labute approximate surface area is 190 Å². The third-order valence-electron chi connectivity index (χ3n) is 5.52. The molecule has 0 radical (unpaired) electrons. The van der Waals surface area contributed by atoms with Gasteiger partial charge in [0.25, 0.3) is 6.43 Å². The Kier molecular flexibility index (Phi) is 6.62. The number of halogens is 6. The van der Waals surface area contributed by atoms with Crippen LogP contribution in [0.15, 0.2) is 29.3 Å². The number of amidine groups is 1. The first-order valence-corrected chi connectivity index (χ1v) is 9.80. The molecule has 0 aliphatic carbocycles. The van der Waals surface area contributed by atoms with Crippen molar-refractivity contribution in [2.45, 2.75) is 44.0 Å². The fourth-order valence-electron chi connectivity index (χ4n) is 3.36. The standard InChI is InChI=1S/C21H20F6N4O3/c1-19(9-34-20(2,18(28)29-19)21(25,26)27)12-6-10(4-5-13(12)22)7-14(32)16-11(17(23)24)8-15(33-3)30-31-16/h4-6,8,17H,7,9H2,1-3H3,(H2,28,29)/t19-,20+/m0/s1. The number of aliphatic imine (C=N–C) groups is 1. The molecule has 0 bridgehead atoms. The van der Waals surface area contributed by atoms with Crippen LogP contribution in [0.5, 0.6) is 5.88 Å². The summed E-state index contributed by atoms with van der Waals surface area (Å²) in [6.07, 6.45) is -8.35. The van der Waals surface area contributed by atoms with Crippen molar-refractivity contribution in [1.82, 2.24) is 10.2 Å². The molecule has 1 aliphatic heterocycles. The van der Waals surface area contributed by atoms with Gasteiger partial charge in [-0.3, -0.25) is 9.79 Å². The summed E-state index contributed by atoms with van der Waals surface area (Å²) in [6.45, 7) is 1.38. The summed E-state index contributed by atoms with van der Waals surface area (Å²) in [5.41, 5.74) is -0.185. The summed E-state index contributed by atoms with van der Waals surface area (Å²) in [7, 11) is 1.20. The molecule has 0 amide bonds. The Morgan fingerprint density at radius 3 is 2.47 bits per heavy atom. The highest BCUT2D eigenvalue weighted by Crippen LogP contribution is 2.41. The molecule has 0 fully saturated rings. The van der Waals surface area contributed by atoms with E-state index in [4.69, 9.17) is 15.2 Å². The molecule has 13 heteroatoms. The van der Waals surface area contributed by atoms with E-state index in [1.807, 2.05) is 0 Å². The molecule has 2 atom stereocenters. The van der Waals surface area contributed by atoms with E-state index >= 15 is 0 Å². The Morgan fingerprint density at radius 2 is 1.91 bits per heavy atom. The van der Waals surface area contributed by atoms with Crippen molar-refractivity contribution >= 4 is 11.6 Å². The van der Waals surface area contributed by atoms with E-state index < -0.39 is 65.5 Å². The van der Waals surface area contributed by atoms with Gasteiger partial charge in [0.1, 0.15) is 22.9 Å². The lowest BCUT2D eigenvalue weighted by Gasteiger charge is -2.41. The summed E-state index contributed by atoms with van der Waals surface area (Å²) >= 11 is 0. The fourth-order valence-corrected chi connectivity index (χ4v) is 3.36. The van der Waals surface area contributed by atoms with Crippen LogP contribution in [-0.4, -0.2) is 47.3 Å². The zero-order chi connectivity index (χ0) is 25.5. The molecular weight excluding hydrogens is 470 g/mol. The van der Waals surface area contributed by atoms with Gasteiger partial charge in [-0.1, -0.05) is 6.07 Å². The molecule has 0 saturated carbocycles. The Hall–Kier alpha value is -3.22. The van der Waals surface area contributed by atoms with Crippen molar-refractivity contribution in [3.05, 3.63) is 52.5 Å². The van der Waals surface area contributed by atoms with Gasteiger partial charge < -0.3 is 15.2 Å². The van der Waals surface area contributed by atoms with Crippen LogP contribution < -0.4 is 10.5 Å². The maximum Gasteiger partial charge on any atom is 0.424 e. The number of hydrogen-bond acceptors (Lipinski definition) is 7. The molecule has 0 spiro atoms. The van der Waals surface area contributed by atoms with Crippen LogP contribution in [0.2, 0.25) is 0 Å². The monoisotopic (exact) mass is 490 g/mol. The second kappa shape index (κ2) is 8.85. The zero-order valence-corrected chi connectivity index (χ0v) is 18.2. The molecular formula is C21H20F6N4O3. The predicted octanol–water partition coefficient (Wildman–Crippen LogP) is 3.91. The molecule has 184 valence electrons. The van der Waals surface area contributed by atoms with E-state index in [0.717, 1.165) is 12.1 Å². The zero-order valence-electron chi connectivity index (χ0n) is 18.2. The van der Waals surface area contributed by atoms with Gasteiger partial charge in [-0.2, -0.15) is 13.2 Å². The molecule has 3 rings (SSSR count). The van der Waals surface area contributed by atoms with Gasteiger partial charge >= 0.3 is 6.18 Å². The average molecular weight is 490 g/mol. The molecule has 2 N–H and O–H groups in total. The molecule has 1 aromatic heterocycles. The van der Waals surface area contributed by atoms with E-state index in [0.29, 0.717) is 6.92 Å².